The second-order valence-electron chi connectivity index (χ2n) is 4.74. The summed E-state index contributed by atoms with van der Waals surface area (Å²) in [5.74, 6) is 0.272. The van der Waals surface area contributed by atoms with Crippen molar-refractivity contribution >= 4 is 5.91 Å². The highest BCUT2D eigenvalue weighted by atomic mass is 16.2. The van der Waals surface area contributed by atoms with Gasteiger partial charge in [0.1, 0.15) is 0 Å². The van der Waals surface area contributed by atoms with Crippen molar-refractivity contribution < 1.29 is 4.79 Å². The van der Waals surface area contributed by atoms with Crippen LogP contribution in [-0.2, 0) is 4.79 Å². The topological polar surface area (TPSA) is 49.6 Å². The van der Waals surface area contributed by atoms with Crippen molar-refractivity contribution in [3.63, 3.8) is 0 Å². The maximum atomic E-state index is 11.8. The van der Waals surface area contributed by atoms with Gasteiger partial charge in [-0.2, -0.15) is 0 Å². The molecule has 0 bridgehead atoms. The zero-order chi connectivity index (χ0) is 12.0. The van der Waals surface area contributed by atoms with Crippen LogP contribution in [0.25, 0.3) is 0 Å². The molecule has 1 rings (SSSR count). The van der Waals surface area contributed by atoms with Gasteiger partial charge in [0.2, 0.25) is 5.91 Å². The van der Waals surface area contributed by atoms with Crippen molar-refractivity contribution in [3.05, 3.63) is 0 Å². The number of hydrogen-bond donors (Lipinski definition) is 1. The van der Waals surface area contributed by atoms with Gasteiger partial charge >= 0.3 is 0 Å². The quantitative estimate of drug-likeness (QED) is 0.751. The maximum Gasteiger partial charge on any atom is 0.222 e. The first-order valence-electron chi connectivity index (χ1n) is 6.39. The fourth-order valence-corrected chi connectivity index (χ4v) is 2.05. The van der Waals surface area contributed by atoms with Gasteiger partial charge in [0, 0.05) is 38.6 Å². The van der Waals surface area contributed by atoms with E-state index in [0.717, 1.165) is 39.1 Å². The monoisotopic (exact) mass is 227 g/mol. The van der Waals surface area contributed by atoms with Gasteiger partial charge in [0.05, 0.1) is 0 Å². The lowest BCUT2D eigenvalue weighted by atomic mass is 10.1. The molecule has 2 N–H and O–H groups in total. The molecule has 1 amide bonds. The summed E-state index contributed by atoms with van der Waals surface area (Å²) in [5.41, 5.74) is 5.65. The molecule has 0 radical (unpaired) electrons. The molecule has 0 aromatic heterocycles. The predicted octanol–water partition coefficient (Wildman–Crippen LogP) is 0.668. The van der Waals surface area contributed by atoms with Gasteiger partial charge in [-0.05, 0) is 26.3 Å². The molecule has 0 aliphatic carbocycles. The van der Waals surface area contributed by atoms with Gasteiger partial charge in [-0.25, -0.2) is 0 Å². The van der Waals surface area contributed by atoms with E-state index in [2.05, 4.69) is 11.8 Å². The van der Waals surface area contributed by atoms with E-state index in [1.54, 1.807) is 0 Å². The minimum absolute atomic E-state index is 0.130. The average Bonchev–Trinajstić information content (AvgIpc) is 2.27. The third-order valence-electron chi connectivity index (χ3n) is 3.08. The first-order chi connectivity index (χ1) is 7.63. The van der Waals surface area contributed by atoms with Crippen molar-refractivity contribution in [1.82, 2.24) is 9.80 Å². The summed E-state index contributed by atoms with van der Waals surface area (Å²) in [6.45, 7) is 9.12. The van der Waals surface area contributed by atoms with E-state index in [4.69, 9.17) is 5.73 Å². The summed E-state index contributed by atoms with van der Waals surface area (Å²) in [4.78, 5) is 16.2. The Bertz CT molecular complexity index is 210. The van der Waals surface area contributed by atoms with E-state index in [1.165, 1.54) is 6.42 Å². The van der Waals surface area contributed by atoms with Crippen molar-refractivity contribution in [2.75, 3.05) is 32.7 Å². The van der Waals surface area contributed by atoms with Crippen LogP contribution in [0.15, 0.2) is 0 Å². The number of rotatable bonds is 5. The van der Waals surface area contributed by atoms with E-state index in [9.17, 15) is 4.79 Å². The Morgan fingerprint density at radius 2 is 1.94 bits per heavy atom. The van der Waals surface area contributed by atoms with Gasteiger partial charge in [-0.15, -0.1) is 0 Å². The molecule has 0 aromatic rings. The summed E-state index contributed by atoms with van der Waals surface area (Å²) in [7, 11) is 0. The van der Waals surface area contributed by atoms with E-state index < -0.39 is 0 Å². The summed E-state index contributed by atoms with van der Waals surface area (Å²) in [6.07, 6.45) is 2.60. The molecule has 94 valence electrons. The molecule has 1 heterocycles. The summed E-state index contributed by atoms with van der Waals surface area (Å²) in [5, 5.41) is 0. The Balaban J connectivity index is 2.22. The molecule has 1 fully saturated rings. The standard InChI is InChI=1S/C12H25N3O/c1-3-6-14-7-9-15(10-8-14)12(16)5-4-11(2)13/h11H,3-10,13H2,1-2H3. The number of carbonyl (C=O) groups excluding carboxylic acids is 1. The second kappa shape index (κ2) is 6.86. The van der Waals surface area contributed by atoms with Gasteiger partial charge in [0.15, 0.2) is 0 Å². The molecular formula is C12H25N3O. The molecule has 1 saturated heterocycles. The van der Waals surface area contributed by atoms with Crippen molar-refractivity contribution in [2.24, 2.45) is 5.73 Å². The number of amides is 1. The molecule has 1 aliphatic rings. The molecular weight excluding hydrogens is 202 g/mol. The van der Waals surface area contributed by atoms with Crippen LogP contribution in [-0.4, -0.2) is 54.5 Å². The third-order valence-corrected chi connectivity index (χ3v) is 3.08. The van der Waals surface area contributed by atoms with Crippen LogP contribution in [0.4, 0.5) is 0 Å². The van der Waals surface area contributed by atoms with Crippen molar-refractivity contribution in [2.45, 2.75) is 39.2 Å². The number of nitrogens with two attached hydrogens (primary N) is 1. The fraction of sp³-hybridized carbons (Fsp3) is 0.917. The lowest BCUT2D eigenvalue weighted by Gasteiger charge is -2.34. The van der Waals surface area contributed by atoms with Gasteiger partial charge in [-0.1, -0.05) is 6.92 Å². The maximum absolute atomic E-state index is 11.8. The second-order valence-corrected chi connectivity index (χ2v) is 4.74. The van der Waals surface area contributed by atoms with Crippen molar-refractivity contribution in [1.29, 1.82) is 0 Å². The van der Waals surface area contributed by atoms with E-state index in [1.807, 2.05) is 11.8 Å². The zero-order valence-corrected chi connectivity index (χ0v) is 10.6. The minimum atomic E-state index is 0.130. The van der Waals surface area contributed by atoms with E-state index in [0.29, 0.717) is 6.42 Å². The van der Waals surface area contributed by atoms with E-state index >= 15 is 0 Å². The summed E-state index contributed by atoms with van der Waals surface area (Å²) < 4.78 is 0. The smallest absolute Gasteiger partial charge is 0.222 e. The number of carbonyl (C=O) groups is 1. The molecule has 0 spiro atoms. The molecule has 0 aromatic carbocycles. The van der Waals surface area contributed by atoms with Crippen LogP contribution in [0, 0.1) is 0 Å². The Labute approximate surface area is 98.8 Å². The molecule has 4 heteroatoms. The number of hydrogen-bond acceptors (Lipinski definition) is 3. The van der Waals surface area contributed by atoms with Gasteiger partial charge < -0.3 is 10.6 Å². The molecule has 1 atom stereocenters. The van der Waals surface area contributed by atoms with Crippen LogP contribution >= 0.6 is 0 Å². The van der Waals surface area contributed by atoms with Crippen LogP contribution in [0.2, 0.25) is 0 Å². The normalized spacial score (nSPS) is 19.8. The third kappa shape index (κ3) is 4.49. The van der Waals surface area contributed by atoms with Gasteiger partial charge in [-0.3, -0.25) is 9.69 Å². The van der Waals surface area contributed by atoms with Crippen LogP contribution in [0.5, 0.6) is 0 Å². The lowest BCUT2D eigenvalue weighted by molar-refractivity contribution is -0.133. The SMILES string of the molecule is CCCN1CCN(C(=O)CCC(C)N)CC1. The first-order valence-corrected chi connectivity index (χ1v) is 6.39. The van der Waals surface area contributed by atoms with Crippen LogP contribution < -0.4 is 5.73 Å². The summed E-state index contributed by atoms with van der Waals surface area (Å²) >= 11 is 0. The molecule has 4 nitrogen and oxygen atoms in total. The molecule has 1 unspecified atom stereocenters. The first kappa shape index (κ1) is 13.5. The Hall–Kier alpha value is -0.610. The Kier molecular flexibility index (Phi) is 5.77. The predicted molar refractivity (Wildman–Crippen MR) is 66.2 cm³/mol. The molecule has 0 saturated carbocycles. The highest BCUT2D eigenvalue weighted by Crippen LogP contribution is 2.06. The lowest BCUT2D eigenvalue weighted by Crippen LogP contribution is -2.48. The fourth-order valence-electron chi connectivity index (χ4n) is 2.05. The van der Waals surface area contributed by atoms with Crippen molar-refractivity contribution in [3.8, 4) is 0 Å². The Morgan fingerprint density at radius 3 is 2.44 bits per heavy atom. The van der Waals surface area contributed by atoms with E-state index in [-0.39, 0.29) is 11.9 Å². The average molecular weight is 227 g/mol. The van der Waals surface area contributed by atoms with Crippen LogP contribution in [0.1, 0.15) is 33.1 Å². The Morgan fingerprint density at radius 1 is 1.31 bits per heavy atom. The minimum Gasteiger partial charge on any atom is -0.340 e. The largest absolute Gasteiger partial charge is 0.340 e. The van der Waals surface area contributed by atoms with Crippen LogP contribution in [0.3, 0.4) is 0 Å². The molecule has 1 aliphatic heterocycles. The highest BCUT2D eigenvalue weighted by Gasteiger charge is 2.20. The zero-order valence-electron chi connectivity index (χ0n) is 10.6. The number of piperazine rings is 1. The highest BCUT2D eigenvalue weighted by molar-refractivity contribution is 5.76. The van der Waals surface area contributed by atoms with Gasteiger partial charge in [0.25, 0.3) is 0 Å². The molecule has 16 heavy (non-hydrogen) atoms. The number of nitrogens with zero attached hydrogens (tertiary/aromatic N) is 2. The summed E-state index contributed by atoms with van der Waals surface area (Å²) in [6, 6.07) is 0.130.